The van der Waals surface area contributed by atoms with Crippen LogP contribution in [0.2, 0.25) is 0 Å². The van der Waals surface area contributed by atoms with Crippen molar-refractivity contribution < 1.29 is 23.8 Å². The lowest BCUT2D eigenvalue weighted by Crippen LogP contribution is -2.51. The minimum atomic E-state index is -0.796. The summed E-state index contributed by atoms with van der Waals surface area (Å²) in [5.74, 6) is 2.82. The van der Waals surface area contributed by atoms with Gasteiger partial charge in [-0.3, -0.25) is 9.59 Å². The Morgan fingerprint density at radius 3 is 2.17 bits per heavy atom. The summed E-state index contributed by atoms with van der Waals surface area (Å²) in [5, 5.41) is 2.85. The van der Waals surface area contributed by atoms with Gasteiger partial charge in [0.15, 0.2) is 17.6 Å². The van der Waals surface area contributed by atoms with Crippen molar-refractivity contribution >= 4 is 11.9 Å². The number of hydrogen-bond donors (Lipinski definition) is 1. The summed E-state index contributed by atoms with van der Waals surface area (Å²) in [6.07, 6.45) is 5.85. The lowest BCUT2D eigenvalue weighted by atomic mass is 9.49. The molecule has 5 rings (SSSR count). The van der Waals surface area contributed by atoms with Gasteiger partial charge in [0.2, 0.25) is 0 Å². The Labute approximate surface area is 172 Å². The number of nitrogens with one attached hydrogen (secondary N) is 1. The number of methoxy groups -OCH3 is 2. The first-order chi connectivity index (χ1) is 13.9. The van der Waals surface area contributed by atoms with E-state index in [9.17, 15) is 9.59 Å². The third kappa shape index (κ3) is 3.94. The molecule has 4 bridgehead atoms. The Hall–Kier alpha value is -2.24. The number of esters is 1. The summed E-state index contributed by atoms with van der Waals surface area (Å²) in [7, 11) is 3.16. The Morgan fingerprint density at radius 1 is 1.03 bits per heavy atom. The average Bonchev–Trinajstić information content (AvgIpc) is 2.70. The fraction of sp³-hybridized carbons (Fsp3) is 0.652. The van der Waals surface area contributed by atoms with Gasteiger partial charge < -0.3 is 19.5 Å². The van der Waals surface area contributed by atoms with Crippen LogP contribution in [-0.2, 0) is 20.9 Å². The van der Waals surface area contributed by atoms with E-state index in [0.29, 0.717) is 35.8 Å². The van der Waals surface area contributed by atoms with Crippen LogP contribution in [0.15, 0.2) is 18.2 Å². The molecule has 0 saturated heterocycles. The highest BCUT2D eigenvalue weighted by Crippen LogP contribution is 2.60. The molecule has 6 nitrogen and oxygen atoms in total. The Balaban J connectivity index is 1.32. The lowest BCUT2D eigenvalue weighted by molar-refractivity contribution is -0.178. The van der Waals surface area contributed by atoms with Crippen molar-refractivity contribution in [2.45, 2.75) is 58.1 Å². The van der Waals surface area contributed by atoms with Crippen molar-refractivity contribution in [3.05, 3.63) is 23.8 Å². The first kappa shape index (κ1) is 20.0. The Bertz CT molecular complexity index is 754. The van der Waals surface area contributed by atoms with Crippen molar-refractivity contribution in [3.63, 3.8) is 0 Å². The molecular formula is C23H31NO5. The number of hydrogen-bond acceptors (Lipinski definition) is 5. The number of rotatable bonds is 7. The fourth-order valence-electron chi connectivity index (χ4n) is 6.02. The van der Waals surface area contributed by atoms with Crippen molar-refractivity contribution in [3.8, 4) is 11.5 Å². The van der Waals surface area contributed by atoms with Crippen LogP contribution in [0, 0.1) is 23.2 Å². The third-order valence-corrected chi connectivity index (χ3v) is 7.04. The average molecular weight is 402 g/mol. The van der Waals surface area contributed by atoms with E-state index in [2.05, 4.69) is 5.32 Å². The van der Waals surface area contributed by atoms with Crippen LogP contribution in [0.4, 0.5) is 0 Å². The maximum atomic E-state index is 13.0. The van der Waals surface area contributed by atoms with Crippen LogP contribution < -0.4 is 14.8 Å². The number of amides is 1. The highest BCUT2D eigenvalue weighted by atomic mass is 16.5. The highest BCUT2D eigenvalue weighted by molar-refractivity contribution is 5.85. The van der Waals surface area contributed by atoms with Crippen LogP contribution in [0.5, 0.6) is 11.5 Å². The fourth-order valence-corrected chi connectivity index (χ4v) is 6.02. The topological polar surface area (TPSA) is 73.9 Å². The van der Waals surface area contributed by atoms with Crippen molar-refractivity contribution in [1.82, 2.24) is 5.32 Å². The molecule has 1 aromatic carbocycles. The van der Waals surface area contributed by atoms with Gasteiger partial charge in [-0.05, 0) is 80.9 Å². The standard InChI is InChI=1S/C23H31NO5/c1-14(21(25)24-13-15-4-5-19(27-2)20(9-15)28-3)29-22(26)23-10-16-6-17(11-23)8-18(7-16)12-23/h4-5,9,14,16-18H,6-8,10-13H2,1-3H3,(H,24,25). The SMILES string of the molecule is COc1ccc(CNC(=O)C(C)OC(=O)C23CC4CC(CC(C4)C2)C3)cc1OC. The summed E-state index contributed by atoms with van der Waals surface area (Å²) < 4.78 is 16.2. The van der Waals surface area contributed by atoms with Crippen LogP contribution in [0.1, 0.15) is 51.0 Å². The van der Waals surface area contributed by atoms with Gasteiger partial charge in [-0.15, -0.1) is 0 Å². The summed E-state index contributed by atoms with van der Waals surface area (Å²) in [4.78, 5) is 25.5. The monoisotopic (exact) mass is 401 g/mol. The molecular weight excluding hydrogens is 370 g/mol. The molecule has 0 aromatic heterocycles. The minimum Gasteiger partial charge on any atom is -0.493 e. The smallest absolute Gasteiger partial charge is 0.312 e. The molecule has 1 unspecified atom stereocenters. The second-order valence-electron chi connectivity index (χ2n) is 9.15. The first-order valence-electron chi connectivity index (χ1n) is 10.6. The second kappa shape index (κ2) is 7.88. The summed E-state index contributed by atoms with van der Waals surface area (Å²) in [5.41, 5.74) is 0.544. The van der Waals surface area contributed by atoms with E-state index in [-0.39, 0.29) is 17.3 Å². The molecule has 0 heterocycles. The second-order valence-corrected chi connectivity index (χ2v) is 9.15. The van der Waals surface area contributed by atoms with E-state index in [4.69, 9.17) is 14.2 Å². The van der Waals surface area contributed by atoms with E-state index in [1.807, 2.05) is 12.1 Å². The van der Waals surface area contributed by atoms with Gasteiger partial charge in [0.25, 0.3) is 5.91 Å². The molecule has 1 atom stereocenters. The summed E-state index contributed by atoms with van der Waals surface area (Å²) >= 11 is 0. The quantitative estimate of drug-likeness (QED) is 0.708. The molecule has 4 saturated carbocycles. The summed E-state index contributed by atoms with van der Waals surface area (Å²) in [6.45, 7) is 1.99. The normalized spacial score (nSPS) is 30.5. The van der Waals surface area contributed by atoms with Gasteiger partial charge in [0, 0.05) is 6.54 Å². The first-order valence-corrected chi connectivity index (χ1v) is 10.6. The van der Waals surface area contributed by atoms with Gasteiger partial charge in [-0.2, -0.15) is 0 Å². The highest BCUT2D eigenvalue weighted by Gasteiger charge is 2.55. The van der Waals surface area contributed by atoms with Crippen molar-refractivity contribution in [1.29, 1.82) is 0 Å². The van der Waals surface area contributed by atoms with Crippen LogP contribution in [-0.4, -0.2) is 32.2 Å². The number of benzene rings is 1. The van der Waals surface area contributed by atoms with Gasteiger partial charge >= 0.3 is 5.97 Å². The van der Waals surface area contributed by atoms with Gasteiger partial charge in [-0.1, -0.05) is 6.07 Å². The van der Waals surface area contributed by atoms with Gasteiger partial charge in [0.1, 0.15) is 0 Å². The molecule has 6 heteroatoms. The molecule has 4 aliphatic carbocycles. The van der Waals surface area contributed by atoms with Gasteiger partial charge in [0.05, 0.1) is 19.6 Å². The predicted octanol–water partition coefficient (Wildman–Crippen LogP) is 3.47. The molecule has 0 radical (unpaired) electrons. The zero-order valence-corrected chi connectivity index (χ0v) is 17.5. The van der Waals surface area contributed by atoms with Crippen LogP contribution in [0.25, 0.3) is 0 Å². The number of ether oxygens (including phenoxy) is 3. The Kier molecular flexibility index (Phi) is 5.45. The molecule has 29 heavy (non-hydrogen) atoms. The molecule has 1 N–H and O–H groups in total. The Morgan fingerprint density at radius 2 is 1.62 bits per heavy atom. The minimum absolute atomic E-state index is 0.162. The maximum absolute atomic E-state index is 13.0. The lowest BCUT2D eigenvalue weighted by Gasteiger charge is -2.55. The number of carbonyl (C=O) groups is 2. The molecule has 0 spiro atoms. The zero-order valence-electron chi connectivity index (χ0n) is 17.5. The number of carbonyl (C=O) groups excluding carboxylic acids is 2. The maximum Gasteiger partial charge on any atom is 0.312 e. The predicted molar refractivity (Wildman–Crippen MR) is 108 cm³/mol. The molecule has 158 valence electrons. The van der Waals surface area contributed by atoms with Crippen molar-refractivity contribution in [2.24, 2.45) is 23.2 Å². The zero-order chi connectivity index (χ0) is 20.6. The molecule has 4 fully saturated rings. The van der Waals surface area contributed by atoms with E-state index >= 15 is 0 Å². The van der Waals surface area contributed by atoms with E-state index < -0.39 is 6.10 Å². The third-order valence-electron chi connectivity index (χ3n) is 7.04. The van der Waals surface area contributed by atoms with E-state index in [1.165, 1.54) is 19.3 Å². The van der Waals surface area contributed by atoms with Crippen molar-refractivity contribution in [2.75, 3.05) is 14.2 Å². The largest absolute Gasteiger partial charge is 0.493 e. The van der Waals surface area contributed by atoms with Crippen LogP contribution in [0.3, 0.4) is 0 Å². The van der Waals surface area contributed by atoms with E-state index in [1.54, 1.807) is 27.2 Å². The molecule has 0 aliphatic heterocycles. The van der Waals surface area contributed by atoms with Gasteiger partial charge in [-0.25, -0.2) is 0 Å². The summed E-state index contributed by atoms with van der Waals surface area (Å²) in [6, 6.07) is 5.50. The molecule has 1 aromatic rings. The van der Waals surface area contributed by atoms with Crippen LogP contribution >= 0.6 is 0 Å². The van der Waals surface area contributed by atoms with E-state index in [0.717, 1.165) is 24.8 Å². The molecule has 4 aliphatic rings. The molecule has 1 amide bonds.